The van der Waals surface area contributed by atoms with Gasteiger partial charge in [-0.2, -0.15) is 0 Å². The molecule has 0 unspecified atom stereocenters. The van der Waals surface area contributed by atoms with Gasteiger partial charge in [0, 0.05) is 29.4 Å². The number of nitrogens with zero attached hydrogens (tertiary/aromatic N) is 1. The van der Waals surface area contributed by atoms with Gasteiger partial charge in [-0.15, -0.1) is 11.3 Å². The Hall–Kier alpha value is -0.380. The van der Waals surface area contributed by atoms with E-state index in [1.54, 1.807) is 0 Å². The van der Waals surface area contributed by atoms with Gasteiger partial charge in [-0.3, -0.25) is 4.90 Å². The minimum Gasteiger partial charge on any atom is -0.392 e. The number of hydrogen-bond donors (Lipinski definition) is 1. The number of hydrogen-bond acceptors (Lipinski definition) is 3. The molecular formula is C12H19NOS. The van der Waals surface area contributed by atoms with E-state index in [0.717, 1.165) is 26.1 Å². The minimum absolute atomic E-state index is 0.102. The highest BCUT2D eigenvalue weighted by Crippen LogP contribution is 2.26. The van der Waals surface area contributed by atoms with Crippen molar-refractivity contribution in [2.24, 2.45) is 0 Å². The molecule has 0 bridgehead atoms. The van der Waals surface area contributed by atoms with Gasteiger partial charge in [-0.05, 0) is 24.5 Å². The molecule has 15 heavy (non-hydrogen) atoms. The molecule has 1 aliphatic rings. The van der Waals surface area contributed by atoms with Crippen LogP contribution in [0, 0.1) is 0 Å². The van der Waals surface area contributed by atoms with Gasteiger partial charge in [0.05, 0.1) is 6.10 Å². The number of β-amino-alcohol motifs (C(OH)–C–C–N with tert-alkyl or cyclic N) is 1. The molecule has 1 N–H and O–H groups in total. The lowest BCUT2D eigenvalue weighted by Crippen LogP contribution is -2.20. The molecule has 2 nitrogen and oxygen atoms in total. The van der Waals surface area contributed by atoms with Crippen molar-refractivity contribution in [3.63, 3.8) is 0 Å². The number of rotatable bonds is 3. The maximum Gasteiger partial charge on any atom is 0.0679 e. The fourth-order valence-corrected chi connectivity index (χ4v) is 3.02. The van der Waals surface area contributed by atoms with E-state index in [-0.39, 0.29) is 6.10 Å². The van der Waals surface area contributed by atoms with E-state index in [1.165, 1.54) is 9.75 Å². The van der Waals surface area contributed by atoms with Crippen LogP contribution in [0.3, 0.4) is 0 Å². The molecule has 1 aromatic rings. The van der Waals surface area contributed by atoms with Crippen LogP contribution in [0.2, 0.25) is 0 Å². The van der Waals surface area contributed by atoms with Crippen molar-refractivity contribution in [3.8, 4) is 0 Å². The second-order valence-corrected chi connectivity index (χ2v) is 5.84. The highest BCUT2D eigenvalue weighted by atomic mass is 32.1. The summed E-state index contributed by atoms with van der Waals surface area (Å²) in [4.78, 5) is 5.22. The third-order valence-electron chi connectivity index (χ3n) is 2.88. The summed E-state index contributed by atoms with van der Waals surface area (Å²) in [6.07, 6.45) is 0.831. The smallest absolute Gasteiger partial charge is 0.0679 e. The summed E-state index contributed by atoms with van der Waals surface area (Å²) in [5.74, 6) is 0.632. The average molecular weight is 225 g/mol. The summed E-state index contributed by atoms with van der Waals surface area (Å²) in [7, 11) is 0. The van der Waals surface area contributed by atoms with Crippen LogP contribution in [0.5, 0.6) is 0 Å². The quantitative estimate of drug-likeness (QED) is 0.854. The van der Waals surface area contributed by atoms with Crippen LogP contribution in [-0.2, 0) is 6.54 Å². The molecule has 3 heteroatoms. The van der Waals surface area contributed by atoms with Gasteiger partial charge in [0.1, 0.15) is 0 Å². The molecule has 0 aromatic carbocycles. The molecule has 84 valence electrons. The molecular weight excluding hydrogens is 206 g/mol. The Morgan fingerprint density at radius 2 is 2.33 bits per heavy atom. The van der Waals surface area contributed by atoms with Crippen molar-refractivity contribution in [1.82, 2.24) is 4.90 Å². The van der Waals surface area contributed by atoms with E-state index in [4.69, 9.17) is 0 Å². The molecule has 1 aromatic heterocycles. The number of aliphatic hydroxyl groups excluding tert-OH is 1. The normalized spacial score (nSPS) is 22.8. The van der Waals surface area contributed by atoms with Crippen LogP contribution in [0.15, 0.2) is 12.1 Å². The maximum absolute atomic E-state index is 9.43. The Morgan fingerprint density at radius 1 is 1.53 bits per heavy atom. The summed E-state index contributed by atoms with van der Waals surface area (Å²) in [6, 6.07) is 4.46. The first-order valence-corrected chi connectivity index (χ1v) is 6.46. The molecule has 0 spiro atoms. The molecule has 1 aliphatic heterocycles. The third kappa shape index (κ3) is 2.80. The summed E-state index contributed by atoms with van der Waals surface area (Å²) in [5, 5.41) is 9.43. The van der Waals surface area contributed by atoms with Crippen molar-refractivity contribution < 1.29 is 5.11 Å². The van der Waals surface area contributed by atoms with Crippen molar-refractivity contribution >= 4 is 11.3 Å². The second kappa shape index (κ2) is 4.64. The molecule has 1 atom stereocenters. The summed E-state index contributed by atoms with van der Waals surface area (Å²) < 4.78 is 0. The van der Waals surface area contributed by atoms with Gasteiger partial charge < -0.3 is 5.11 Å². The first-order chi connectivity index (χ1) is 7.15. The van der Waals surface area contributed by atoms with Crippen LogP contribution < -0.4 is 0 Å². The van der Waals surface area contributed by atoms with Crippen molar-refractivity contribution in [2.75, 3.05) is 13.1 Å². The highest BCUT2D eigenvalue weighted by molar-refractivity contribution is 7.12. The Kier molecular flexibility index (Phi) is 3.44. The lowest BCUT2D eigenvalue weighted by atomic mass is 10.2. The number of likely N-dealkylation sites (tertiary alicyclic amines) is 1. The molecule has 0 amide bonds. The maximum atomic E-state index is 9.43. The second-order valence-electron chi connectivity index (χ2n) is 4.64. The SMILES string of the molecule is CC(C)c1ccc(CN2CC[C@@H](O)C2)s1. The standard InChI is InChI=1S/C12H19NOS/c1-9(2)12-4-3-11(15-12)8-13-6-5-10(14)7-13/h3-4,9-10,14H,5-8H2,1-2H3/t10-/m1/s1. The van der Waals surface area contributed by atoms with E-state index < -0.39 is 0 Å². The fraction of sp³-hybridized carbons (Fsp3) is 0.667. The zero-order valence-electron chi connectivity index (χ0n) is 9.44. The van der Waals surface area contributed by atoms with E-state index >= 15 is 0 Å². The van der Waals surface area contributed by atoms with Crippen molar-refractivity contribution in [3.05, 3.63) is 21.9 Å². The highest BCUT2D eigenvalue weighted by Gasteiger charge is 2.20. The van der Waals surface area contributed by atoms with E-state index in [9.17, 15) is 5.11 Å². The van der Waals surface area contributed by atoms with Crippen molar-refractivity contribution in [1.29, 1.82) is 0 Å². The molecule has 2 rings (SSSR count). The molecule has 1 fully saturated rings. The fourth-order valence-electron chi connectivity index (χ4n) is 1.97. The predicted octanol–water partition coefficient (Wildman–Crippen LogP) is 2.44. The van der Waals surface area contributed by atoms with Crippen LogP contribution in [-0.4, -0.2) is 29.2 Å². The monoisotopic (exact) mass is 225 g/mol. The molecule has 0 radical (unpaired) electrons. The Bertz CT molecular complexity index is 321. The predicted molar refractivity (Wildman–Crippen MR) is 64.3 cm³/mol. The molecule has 2 heterocycles. The molecule has 1 saturated heterocycles. The topological polar surface area (TPSA) is 23.5 Å². The van der Waals surface area contributed by atoms with Gasteiger partial charge in [-0.1, -0.05) is 13.8 Å². The third-order valence-corrected chi connectivity index (χ3v) is 4.25. The van der Waals surface area contributed by atoms with Crippen LogP contribution in [0.4, 0.5) is 0 Å². The summed E-state index contributed by atoms with van der Waals surface area (Å²) in [6.45, 7) is 7.35. The van der Waals surface area contributed by atoms with Gasteiger partial charge in [0.25, 0.3) is 0 Å². The molecule has 0 saturated carbocycles. The molecule has 0 aliphatic carbocycles. The minimum atomic E-state index is -0.102. The zero-order valence-corrected chi connectivity index (χ0v) is 10.3. The van der Waals surface area contributed by atoms with E-state index in [0.29, 0.717) is 5.92 Å². The van der Waals surface area contributed by atoms with Crippen LogP contribution in [0.1, 0.15) is 35.9 Å². The van der Waals surface area contributed by atoms with Gasteiger partial charge >= 0.3 is 0 Å². The summed E-state index contributed by atoms with van der Waals surface area (Å²) >= 11 is 1.91. The first-order valence-electron chi connectivity index (χ1n) is 5.64. The van der Waals surface area contributed by atoms with Crippen LogP contribution in [0.25, 0.3) is 0 Å². The largest absolute Gasteiger partial charge is 0.392 e. The lowest BCUT2D eigenvalue weighted by Gasteiger charge is -2.12. The zero-order chi connectivity index (χ0) is 10.8. The summed E-state index contributed by atoms with van der Waals surface area (Å²) in [5.41, 5.74) is 0. The first kappa shape index (κ1) is 11.1. The Morgan fingerprint density at radius 3 is 2.87 bits per heavy atom. The Labute approximate surface area is 95.5 Å². The Balaban J connectivity index is 1.93. The lowest BCUT2D eigenvalue weighted by molar-refractivity contribution is 0.175. The van der Waals surface area contributed by atoms with Gasteiger partial charge in [0.2, 0.25) is 0 Å². The average Bonchev–Trinajstić information content (AvgIpc) is 2.76. The van der Waals surface area contributed by atoms with Gasteiger partial charge in [-0.25, -0.2) is 0 Å². The van der Waals surface area contributed by atoms with Crippen LogP contribution >= 0.6 is 11.3 Å². The van der Waals surface area contributed by atoms with Crippen molar-refractivity contribution in [2.45, 2.75) is 38.8 Å². The number of thiophene rings is 1. The van der Waals surface area contributed by atoms with Gasteiger partial charge in [0.15, 0.2) is 0 Å². The van der Waals surface area contributed by atoms with E-state index in [2.05, 4.69) is 30.9 Å². The van der Waals surface area contributed by atoms with E-state index in [1.807, 2.05) is 11.3 Å². The number of aliphatic hydroxyl groups is 1.